The second kappa shape index (κ2) is 7.53. The van der Waals surface area contributed by atoms with Crippen LogP contribution in [-0.2, 0) is 11.4 Å². The van der Waals surface area contributed by atoms with Gasteiger partial charge in [0, 0.05) is 0 Å². The summed E-state index contributed by atoms with van der Waals surface area (Å²) in [6.45, 7) is 0.477. The van der Waals surface area contributed by atoms with Crippen molar-refractivity contribution in [3.63, 3.8) is 0 Å². The van der Waals surface area contributed by atoms with Gasteiger partial charge in [0.05, 0.1) is 0 Å². The molecule has 0 aromatic heterocycles. The van der Waals surface area contributed by atoms with E-state index in [9.17, 15) is 4.79 Å². The van der Waals surface area contributed by atoms with Crippen LogP contribution in [0.3, 0.4) is 0 Å². The summed E-state index contributed by atoms with van der Waals surface area (Å²) in [6, 6.07) is 15.6. The Kier molecular flexibility index (Phi) is 6.03. The highest BCUT2D eigenvalue weighted by molar-refractivity contribution is 5.85. The van der Waals surface area contributed by atoms with Crippen molar-refractivity contribution < 1.29 is 14.6 Å². The van der Waals surface area contributed by atoms with E-state index in [-0.39, 0.29) is 12.4 Å². The third kappa shape index (κ3) is 4.26. The standard InChI is InChI=1S/C15H15NO3.ClH/c16-14(15(17)18)12-6-8-13(9-7-12)19-10-11-4-2-1-3-5-11;/h1-9,14H,10,16H2,(H,17,18);1H/t14-;/m0./s1. The summed E-state index contributed by atoms with van der Waals surface area (Å²) in [7, 11) is 0. The molecular weight excluding hydrogens is 278 g/mol. The molecule has 0 saturated heterocycles. The molecule has 20 heavy (non-hydrogen) atoms. The Morgan fingerprint density at radius 2 is 1.70 bits per heavy atom. The van der Waals surface area contributed by atoms with Gasteiger partial charge in [-0.2, -0.15) is 0 Å². The number of aliphatic carboxylic acids is 1. The third-order valence-electron chi connectivity index (χ3n) is 2.75. The smallest absolute Gasteiger partial charge is 0.325 e. The maximum Gasteiger partial charge on any atom is 0.325 e. The van der Waals surface area contributed by atoms with E-state index in [4.69, 9.17) is 15.6 Å². The van der Waals surface area contributed by atoms with E-state index in [0.717, 1.165) is 5.56 Å². The zero-order chi connectivity index (χ0) is 13.7. The molecular formula is C15H16ClNO3. The van der Waals surface area contributed by atoms with Gasteiger partial charge < -0.3 is 15.6 Å². The van der Waals surface area contributed by atoms with Crippen molar-refractivity contribution in [2.24, 2.45) is 5.73 Å². The molecule has 0 heterocycles. The molecule has 4 nitrogen and oxygen atoms in total. The Balaban J connectivity index is 0.00000200. The molecule has 0 saturated carbocycles. The van der Waals surface area contributed by atoms with E-state index in [1.807, 2.05) is 30.3 Å². The van der Waals surface area contributed by atoms with Gasteiger partial charge in [-0.15, -0.1) is 12.4 Å². The highest BCUT2D eigenvalue weighted by Crippen LogP contribution is 2.17. The summed E-state index contributed by atoms with van der Waals surface area (Å²) in [5, 5.41) is 8.80. The van der Waals surface area contributed by atoms with Crippen molar-refractivity contribution in [3.05, 3.63) is 65.7 Å². The lowest BCUT2D eigenvalue weighted by atomic mass is 10.1. The molecule has 0 unspecified atom stereocenters. The minimum atomic E-state index is -1.04. The van der Waals surface area contributed by atoms with Gasteiger partial charge in [0.2, 0.25) is 0 Å². The van der Waals surface area contributed by atoms with Gasteiger partial charge in [0.25, 0.3) is 0 Å². The highest BCUT2D eigenvalue weighted by Gasteiger charge is 2.13. The number of ether oxygens (including phenoxy) is 1. The Hall–Kier alpha value is -2.04. The van der Waals surface area contributed by atoms with Gasteiger partial charge in [-0.1, -0.05) is 42.5 Å². The van der Waals surface area contributed by atoms with Gasteiger partial charge in [0.1, 0.15) is 18.4 Å². The van der Waals surface area contributed by atoms with Crippen LogP contribution in [0.25, 0.3) is 0 Å². The monoisotopic (exact) mass is 293 g/mol. The molecule has 0 spiro atoms. The lowest BCUT2D eigenvalue weighted by Crippen LogP contribution is -2.20. The average Bonchev–Trinajstić information content (AvgIpc) is 2.46. The number of carboxylic acid groups (broad SMARTS) is 1. The maximum atomic E-state index is 10.7. The van der Waals surface area contributed by atoms with Gasteiger partial charge in [0.15, 0.2) is 0 Å². The minimum absolute atomic E-state index is 0. The fourth-order valence-corrected chi connectivity index (χ4v) is 1.65. The fraction of sp³-hybridized carbons (Fsp3) is 0.133. The van der Waals surface area contributed by atoms with Gasteiger partial charge in [-0.3, -0.25) is 4.79 Å². The van der Waals surface area contributed by atoms with Crippen molar-refractivity contribution in [2.75, 3.05) is 0 Å². The Bertz CT molecular complexity index is 543. The van der Waals surface area contributed by atoms with Crippen molar-refractivity contribution in [2.45, 2.75) is 12.6 Å². The van der Waals surface area contributed by atoms with Crippen LogP contribution in [0.2, 0.25) is 0 Å². The Morgan fingerprint density at radius 1 is 1.10 bits per heavy atom. The molecule has 2 aromatic rings. The minimum Gasteiger partial charge on any atom is -0.489 e. The van der Waals surface area contributed by atoms with E-state index in [2.05, 4.69) is 0 Å². The number of carboxylic acids is 1. The quantitative estimate of drug-likeness (QED) is 0.889. The second-order valence-corrected chi connectivity index (χ2v) is 4.16. The zero-order valence-corrected chi connectivity index (χ0v) is 11.5. The molecule has 0 aliphatic rings. The van der Waals surface area contributed by atoms with E-state index >= 15 is 0 Å². The zero-order valence-electron chi connectivity index (χ0n) is 10.7. The average molecular weight is 294 g/mol. The normalized spacial score (nSPS) is 11.2. The van der Waals surface area contributed by atoms with Crippen LogP contribution in [-0.4, -0.2) is 11.1 Å². The predicted octanol–water partition coefficient (Wildman–Crippen LogP) is 2.77. The predicted molar refractivity (Wildman–Crippen MR) is 79.0 cm³/mol. The first-order valence-electron chi connectivity index (χ1n) is 5.92. The lowest BCUT2D eigenvalue weighted by molar-refractivity contribution is -0.138. The van der Waals surface area contributed by atoms with Crippen LogP contribution in [0.15, 0.2) is 54.6 Å². The molecule has 2 aromatic carbocycles. The molecule has 2 rings (SSSR count). The van der Waals surface area contributed by atoms with Crippen molar-refractivity contribution >= 4 is 18.4 Å². The number of hydrogen-bond donors (Lipinski definition) is 2. The van der Waals surface area contributed by atoms with Crippen molar-refractivity contribution in [3.8, 4) is 5.75 Å². The number of hydrogen-bond acceptors (Lipinski definition) is 3. The first-order valence-corrected chi connectivity index (χ1v) is 5.92. The summed E-state index contributed by atoms with van der Waals surface area (Å²) in [6.07, 6.45) is 0. The van der Waals surface area contributed by atoms with E-state index in [1.54, 1.807) is 24.3 Å². The van der Waals surface area contributed by atoms with E-state index in [1.165, 1.54) is 0 Å². The molecule has 5 heteroatoms. The molecule has 0 aliphatic carbocycles. The summed E-state index contributed by atoms with van der Waals surface area (Å²) in [5.41, 5.74) is 7.15. The molecule has 0 amide bonds. The van der Waals surface area contributed by atoms with Crippen LogP contribution >= 0.6 is 12.4 Å². The summed E-state index contributed by atoms with van der Waals surface area (Å²) in [5.74, 6) is -0.358. The maximum absolute atomic E-state index is 10.7. The van der Waals surface area contributed by atoms with Gasteiger partial charge >= 0.3 is 5.97 Å². The number of carbonyl (C=O) groups is 1. The second-order valence-electron chi connectivity index (χ2n) is 4.16. The van der Waals surface area contributed by atoms with Crippen LogP contribution in [0, 0.1) is 0 Å². The fourth-order valence-electron chi connectivity index (χ4n) is 1.65. The molecule has 0 bridgehead atoms. The molecule has 0 aliphatic heterocycles. The van der Waals surface area contributed by atoms with Crippen LogP contribution < -0.4 is 10.5 Å². The SMILES string of the molecule is Cl.N[C@H](C(=O)O)c1ccc(OCc2ccccc2)cc1. The molecule has 3 N–H and O–H groups in total. The first kappa shape index (κ1) is 16.0. The lowest BCUT2D eigenvalue weighted by Gasteiger charge is -2.09. The molecule has 0 fully saturated rings. The number of benzene rings is 2. The van der Waals surface area contributed by atoms with Crippen LogP contribution in [0.1, 0.15) is 17.2 Å². The molecule has 0 radical (unpaired) electrons. The van der Waals surface area contributed by atoms with Crippen molar-refractivity contribution in [1.82, 2.24) is 0 Å². The van der Waals surface area contributed by atoms with Crippen LogP contribution in [0.4, 0.5) is 0 Å². The van der Waals surface area contributed by atoms with Gasteiger partial charge in [-0.05, 0) is 23.3 Å². The topological polar surface area (TPSA) is 72.6 Å². The molecule has 106 valence electrons. The van der Waals surface area contributed by atoms with Crippen LogP contribution in [0.5, 0.6) is 5.75 Å². The van der Waals surface area contributed by atoms with E-state index in [0.29, 0.717) is 17.9 Å². The Morgan fingerprint density at radius 3 is 2.25 bits per heavy atom. The molecule has 1 atom stereocenters. The summed E-state index contributed by atoms with van der Waals surface area (Å²) >= 11 is 0. The largest absolute Gasteiger partial charge is 0.489 e. The number of nitrogens with two attached hydrogens (primary N) is 1. The first-order chi connectivity index (χ1) is 9.16. The van der Waals surface area contributed by atoms with E-state index < -0.39 is 12.0 Å². The Labute approximate surface area is 123 Å². The summed E-state index contributed by atoms with van der Waals surface area (Å²) in [4.78, 5) is 10.7. The van der Waals surface area contributed by atoms with Gasteiger partial charge in [-0.25, -0.2) is 0 Å². The highest BCUT2D eigenvalue weighted by atomic mass is 35.5. The summed E-state index contributed by atoms with van der Waals surface area (Å²) < 4.78 is 5.60. The third-order valence-corrected chi connectivity index (χ3v) is 2.75. The number of rotatable bonds is 5. The van der Waals surface area contributed by atoms with Crippen molar-refractivity contribution in [1.29, 1.82) is 0 Å². The number of halogens is 1.